The monoisotopic (exact) mass is 640 g/mol. The molecule has 44 heavy (non-hydrogen) atoms. The van der Waals surface area contributed by atoms with E-state index in [9.17, 15) is 45.8 Å². The first-order chi connectivity index (χ1) is 20.5. The Kier molecular flexibility index (Phi) is 8.87. The third-order valence-corrected chi connectivity index (χ3v) is 8.30. The second kappa shape index (κ2) is 12.0. The number of hydrogen-bond donors (Lipinski definition) is 3. The summed E-state index contributed by atoms with van der Waals surface area (Å²) in [5.74, 6) is -3.22. The molecule has 0 spiro atoms. The van der Waals surface area contributed by atoms with Crippen LogP contribution in [0.15, 0.2) is 60.7 Å². The van der Waals surface area contributed by atoms with Gasteiger partial charge in [0.2, 0.25) is 0 Å². The summed E-state index contributed by atoms with van der Waals surface area (Å²) in [5.41, 5.74) is -3.47. The Morgan fingerprint density at radius 1 is 1.00 bits per heavy atom. The Labute approximate surface area is 247 Å². The number of imide groups is 1. The topological polar surface area (TPSA) is 128 Å². The van der Waals surface area contributed by atoms with Crippen LogP contribution in [0.1, 0.15) is 31.9 Å². The van der Waals surface area contributed by atoms with E-state index in [-0.39, 0.29) is 35.4 Å². The Morgan fingerprint density at radius 2 is 1.66 bits per heavy atom. The zero-order valence-electron chi connectivity index (χ0n) is 23.4. The molecule has 0 saturated carbocycles. The van der Waals surface area contributed by atoms with Crippen molar-refractivity contribution in [1.82, 2.24) is 4.90 Å². The van der Waals surface area contributed by atoms with Gasteiger partial charge >= 0.3 is 25.8 Å². The summed E-state index contributed by atoms with van der Waals surface area (Å²) < 4.78 is 85.0. The molecule has 16 heteroatoms. The summed E-state index contributed by atoms with van der Waals surface area (Å²) in [5, 5.41) is 4.91. The Balaban J connectivity index is 1.56. The van der Waals surface area contributed by atoms with Gasteiger partial charge in [-0.15, -0.1) is 0 Å². The minimum atomic E-state index is -5.08. The maximum absolute atomic E-state index is 14.2. The molecule has 1 fully saturated rings. The molecule has 3 aromatic carbocycles. The Hall–Kier alpha value is -4.33. The number of benzene rings is 3. The molecule has 10 nitrogen and oxygen atoms in total. The smallest absolute Gasteiger partial charge is 0.321 e. The molecule has 1 unspecified atom stereocenters. The van der Waals surface area contributed by atoms with Gasteiger partial charge in [0.15, 0.2) is 0 Å². The largest absolute Gasteiger partial charge is 0.419 e. The molecule has 0 bridgehead atoms. The van der Waals surface area contributed by atoms with E-state index in [0.29, 0.717) is 17.0 Å². The lowest BCUT2D eigenvalue weighted by atomic mass is 10.0. The number of nitrogens with one attached hydrogen (secondary N) is 2. The number of rotatable bonds is 8. The minimum absolute atomic E-state index is 0.00375. The highest BCUT2D eigenvalue weighted by atomic mass is 31.2. The molecule has 4 rings (SSSR count). The number of urea groups is 2. The minimum Gasteiger partial charge on any atom is -0.321 e. The van der Waals surface area contributed by atoms with Crippen molar-refractivity contribution in [3.8, 4) is 0 Å². The molecule has 0 aromatic heterocycles. The van der Waals surface area contributed by atoms with E-state index >= 15 is 0 Å². The highest BCUT2D eigenvalue weighted by molar-refractivity contribution is 7.61. The van der Waals surface area contributed by atoms with Crippen molar-refractivity contribution in [2.45, 2.75) is 39.0 Å². The van der Waals surface area contributed by atoms with Crippen molar-refractivity contribution in [1.29, 1.82) is 0 Å². The SMILES string of the molecule is CCOP(=O)(O)c1ccc(NC(=O)Nc2cc(F)ccc2CN2C(=O)N(c3ccc(F)c(C(F)(F)F)c3)C(=O)C2(C)C)cc1. The van der Waals surface area contributed by atoms with Gasteiger partial charge < -0.3 is 25.0 Å². The van der Waals surface area contributed by atoms with Crippen LogP contribution in [0.5, 0.6) is 0 Å². The summed E-state index contributed by atoms with van der Waals surface area (Å²) in [6.07, 6.45) is -5.08. The summed E-state index contributed by atoms with van der Waals surface area (Å²) in [6, 6.07) is 8.38. The highest BCUT2D eigenvalue weighted by Gasteiger charge is 2.52. The van der Waals surface area contributed by atoms with Crippen LogP contribution in [-0.2, 0) is 26.6 Å². The third kappa shape index (κ3) is 6.59. The number of carbonyl (C=O) groups excluding carboxylic acids is 3. The quantitative estimate of drug-likeness (QED) is 0.152. The van der Waals surface area contributed by atoms with Gasteiger partial charge in [0, 0.05) is 5.69 Å². The molecule has 1 saturated heterocycles. The van der Waals surface area contributed by atoms with Crippen LogP contribution in [0, 0.1) is 11.6 Å². The molecular formula is C28H26F5N4O6P. The zero-order chi connectivity index (χ0) is 32.6. The lowest BCUT2D eigenvalue weighted by Gasteiger charge is -2.28. The van der Waals surface area contributed by atoms with Crippen molar-refractivity contribution >= 4 is 47.9 Å². The fraction of sp³-hybridized carbons (Fsp3) is 0.250. The maximum Gasteiger partial charge on any atom is 0.419 e. The normalized spacial score (nSPS) is 16.2. The van der Waals surface area contributed by atoms with Crippen LogP contribution in [0.3, 0.4) is 0 Å². The summed E-state index contributed by atoms with van der Waals surface area (Å²) in [7, 11) is -4.03. The predicted octanol–water partition coefficient (Wildman–Crippen LogP) is 6.22. The molecule has 3 aromatic rings. The van der Waals surface area contributed by atoms with Crippen molar-refractivity contribution < 1.29 is 50.3 Å². The number of nitrogens with zero attached hydrogens (tertiary/aromatic N) is 2. The molecule has 0 aliphatic carbocycles. The highest BCUT2D eigenvalue weighted by Crippen LogP contribution is 2.41. The van der Waals surface area contributed by atoms with E-state index in [1.165, 1.54) is 44.2 Å². The van der Waals surface area contributed by atoms with Gasteiger partial charge in [-0.25, -0.2) is 23.3 Å². The van der Waals surface area contributed by atoms with E-state index in [0.717, 1.165) is 23.1 Å². The first kappa shape index (κ1) is 32.6. The van der Waals surface area contributed by atoms with Gasteiger partial charge in [0.25, 0.3) is 5.91 Å². The van der Waals surface area contributed by atoms with Crippen LogP contribution in [0.4, 0.5) is 48.6 Å². The van der Waals surface area contributed by atoms with E-state index in [2.05, 4.69) is 10.6 Å². The summed E-state index contributed by atoms with van der Waals surface area (Å²) in [4.78, 5) is 50.8. The van der Waals surface area contributed by atoms with Gasteiger partial charge in [-0.2, -0.15) is 13.2 Å². The summed E-state index contributed by atoms with van der Waals surface area (Å²) in [6.45, 7) is 3.88. The first-order valence-electron chi connectivity index (χ1n) is 12.9. The fourth-order valence-corrected chi connectivity index (χ4v) is 5.46. The lowest BCUT2D eigenvalue weighted by Crippen LogP contribution is -2.43. The molecule has 1 heterocycles. The summed E-state index contributed by atoms with van der Waals surface area (Å²) >= 11 is 0. The second-order valence-electron chi connectivity index (χ2n) is 10.1. The molecule has 5 amide bonds. The molecule has 1 aliphatic heterocycles. The Bertz CT molecular complexity index is 1670. The number of amides is 5. The van der Waals surface area contributed by atoms with Crippen molar-refractivity contribution in [2.75, 3.05) is 22.1 Å². The molecule has 1 atom stereocenters. The van der Waals surface area contributed by atoms with Crippen LogP contribution in [-0.4, -0.2) is 39.9 Å². The Morgan fingerprint density at radius 3 is 2.27 bits per heavy atom. The zero-order valence-corrected chi connectivity index (χ0v) is 24.3. The van der Waals surface area contributed by atoms with Crippen LogP contribution >= 0.6 is 7.60 Å². The first-order valence-corrected chi connectivity index (χ1v) is 14.5. The van der Waals surface area contributed by atoms with Gasteiger partial charge in [-0.1, -0.05) is 6.07 Å². The number of alkyl halides is 3. The van der Waals surface area contributed by atoms with Crippen LogP contribution < -0.4 is 20.8 Å². The van der Waals surface area contributed by atoms with Gasteiger partial charge in [-0.05, 0) is 80.9 Å². The van der Waals surface area contributed by atoms with Crippen molar-refractivity contribution in [2.24, 2.45) is 0 Å². The molecule has 1 aliphatic rings. The average Bonchev–Trinajstić information content (AvgIpc) is 3.09. The van der Waals surface area contributed by atoms with E-state index in [1.54, 1.807) is 6.92 Å². The van der Waals surface area contributed by atoms with E-state index < -0.39 is 60.2 Å². The lowest BCUT2D eigenvalue weighted by molar-refractivity contribution is -0.140. The van der Waals surface area contributed by atoms with Gasteiger partial charge in [-0.3, -0.25) is 9.36 Å². The number of anilines is 3. The van der Waals surface area contributed by atoms with Gasteiger partial charge in [0.05, 0.1) is 35.4 Å². The molecular weight excluding hydrogens is 614 g/mol. The van der Waals surface area contributed by atoms with Crippen LogP contribution in [0.25, 0.3) is 0 Å². The van der Waals surface area contributed by atoms with E-state index in [1.807, 2.05) is 0 Å². The third-order valence-electron chi connectivity index (χ3n) is 6.74. The second-order valence-corrected chi connectivity index (χ2v) is 11.9. The van der Waals surface area contributed by atoms with Gasteiger partial charge in [0.1, 0.15) is 17.2 Å². The average molecular weight is 641 g/mol. The maximum atomic E-state index is 14.2. The fourth-order valence-electron chi connectivity index (χ4n) is 4.44. The van der Waals surface area contributed by atoms with Crippen molar-refractivity contribution in [3.63, 3.8) is 0 Å². The number of hydrogen-bond acceptors (Lipinski definition) is 5. The van der Waals surface area contributed by atoms with E-state index in [4.69, 9.17) is 4.52 Å². The molecule has 234 valence electrons. The standard InChI is InChI=1S/C28H26F5N4O6P/c1-4-43-44(41,42)20-10-7-18(8-11-20)34-25(39)35-23-13-17(29)6-5-16(23)15-36-26(40)37(24(38)27(36,2)3)19-9-12-22(30)21(14-19)28(31,32)33/h5-14H,4,15H2,1-3H3,(H,41,42)(H2,34,35,39). The molecule has 0 radical (unpaired) electrons. The predicted molar refractivity (Wildman–Crippen MR) is 150 cm³/mol. The van der Waals surface area contributed by atoms with Crippen molar-refractivity contribution in [3.05, 3.63) is 83.4 Å². The number of carbonyl (C=O) groups is 3. The molecule has 3 N–H and O–H groups in total. The number of halogens is 5. The van der Waals surface area contributed by atoms with Crippen LogP contribution in [0.2, 0.25) is 0 Å².